The molecule has 6 heteroatoms. The Morgan fingerprint density at radius 3 is 2.46 bits per heavy atom. The van der Waals surface area contributed by atoms with Gasteiger partial charge in [-0.25, -0.2) is 4.98 Å². The van der Waals surface area contributed by atoms with Crippen LogP contribution in [0.4, 0.5) is 5.82 Å². The number of piperidine rings is 1. The van der Waals surface area contributed by atoms with E-state index < -0.39 is 0 Å². The molecule has 0 saturated carbocycles. The van der Waals surface area contributed by atoms with Crippen LogP contribution in [0.2, 0.25) is 0 Å². The van der Waals surface area contributed by atoms with Gasteiger partial charge in [0.25, 0.3) is 5.91 Å². The molecule has 0 bridgehead atoms. The van der Waals surface area contributed by atoms with Gasteiger partial charge in [-0.15, -0.1) is 0 Å². The van der Waals surface area contributed by atoms with Gasteiger partial charge in [0.05, 0.1) is 18.8 Å². The lowest BCUT2D eigenvalue weighted by atomic mass is 10.0. The van der Waals surface area contributed by atoms with Crippen LogP contribution in [0.15, 0.2) is 18.3 Å². The lowest BCUT2D eigenvalue weighted by Crippen LogP contribution is -2.50. The molecule has 3 aliphatic rings. The van der Waals surface area contributed by atoms with E-state index in [9.17, 15) is 4.79 Å². The smallest absolute Gasteiger partial charge is 0.255 e. The van der Waals surface area contributed by atoms with Crippen LogP contribution in [0.1, 0.15) is 43.0 Å². The highest BCUT2D eigenvalue weighted by Crippen LogP contribution is 2.24. The second-order valence-corrected chi connectivity index (χ2v) is 7.76. The van der Waals surface area contributed by atoms with E-state index in [1.54, 1.807) is 6.20 Å². The van der Waals surface area contributed by atoms with Crippen LogP contribution in [0.25, 0.3) is 0 Å². The van der Waals surface area contributed by atoms with Crippen LogP contribution in [0.5, 0.6) is 0 Å². The molecule has 0 spiro atoms. The Labute approximate surface area is 156 Å². The maximum atomic E-state index is 12.8. The number of carbonyl (C=O) groups is 1. The summed E-state index contributed by atoms with van der Waals surface area (Å²) in [5.74, 6) is 1.12. The predicted molar refractivity (Wildman–Crippen MR) is 102 cm³/mol. The van der Waals surface area contributed by atoms with Gasteiger partial charge in [-0.2, -0.15) is 0 Å². The van der Waals surface area contributed by atoms with Crippen LogP contribution in [-0.2, 0) is 4.74 Å². The zero-order valence-corrected chi connectivity index (χ0v) is 15.8. The first-order valence-corrected chi connectivity index (χ1v) is 10.1. The summed E-state index contributed by atoms with van der Waals surface area (Å²) >= 11 is 0. The fraction of sp³-hybridized carbons (Fsp3) is 0.700. The molecule has 1 atom stereocenters. The molecule has 3 fully saturated rings. The van der Waals surface area contributed by atoms with Gasteiger partial charge < -0.3 is 14.5 Å². The van der Waals surface area contributed by atoms with E-state index in [2.05, 4.69) is 21.7 Å². The van der Waals surface area contributed by atoms with Crippen LogP contribution in [0, 0.1) is 0 Å². The Hall–Kier alpha value is -1.66. The number of morpholine rings is 1. The van der Waals surface area contributed by atoms with Crippen LogP contribution in [-0.4, -0.2) is 78.7 Å². The van der Waals surface area contributed by atoms with Crippen LogP contribution >= 0.6 is 0 Å². The van der Waals surface area contributed by atoms with Crippen LogP contribution in [0.3, 0.4) is 0 Å². The SMILES string of the molecule is C[C@H]1CCCN1c1ccc(C(=O)N2CCC(N3CCOCC3)CC2)cn1. The van der Waals surface area contributed by atoms with E-state index in [0.29, 0.717) is 17.6 Å². The van der Waals surface area contributed by atoms with Crippen molar-refractivity contribution in [1.29, 1.82) is 0 Å². The third kappa shape index (κ3) is 3.71. The lowest BCUT2D eigenvalue weighted by Gasteiger charge is -2.40. The third-order valence-corrected chi connectivity index (χ3v) is 6.16. The van der Waals surface area contributed by atoms with Crippen molar-refractivity contribution in [3.8, 4) is 0 Å². The summed E-state index contributed by atoms with van der Waals surface area (Å²) in [4.78, 5) is 24.2. The normalized spacial score (nSPS) is 25.7. The highest BCUT2D eigenvalue weighted by atomic mass is 16.5. The molecule has 0 aromatic carbocycles. The van der Waals surface area contributed by atoms with Gasteiger partial charge in [-0.3, -0.25) is 9.69 Å². The van der Waals surface area contributed by atoms with Crippen LogP contribution < -0.4 is 4.90 Å². The number of ether oxygens (including phenoxy) is 1. The van der Waals surface area contributed by atoms with Gasteiger partial charge in [0.15, 0.2) is 0 Å². The number of hydrogen-bond donors (Lipinski definition) is 0. The van der Waals surface area contributed by atoms with E-state index in [4.69, 9.17) is 4.74 Å². The quantitative estimate of drug-likeness (QED) is 0.827. The van der Waals surface area contributed by atoms with Gasteiger partial charge >= 0.3 is 0 Å². The predicted octanol–water partition coefficient (Wildman–Crippen LogP) is 2.01. The molecule has 0 radical (unpaired) electrons. The van der Waals surface area contributed by atoms with Gasteiger partial charge in [-0.05, 0) is 44.7 Å². The Balaban J connectivity index is 1.33. The average Bonchev–Trinajstić information content (AvgIpc) is 3.14. The molecule has 3 aliphatic heterocycles. The van der Waals surface area contributed by atoms with Gasteiger partial charge in [0.2, 0.25) is 0 Å². The van der Waals surface area contributed by atoms with E-state index in [0.717, 1.165) is 64.6 Å². The van der Waals surface area contributed by atoms with Gasteiger partial charge in [-0.1, -0.05) is 0 Å². The van der Waals surface area contributed by atoms with Gasteiger partial charge in [0, 0.05) is 51.0 Å². The minimum atomic E-state index is 0.124. The Morgan fingerprint density at radius 2 is 1.85 bits per heavy atom. The summed E-state index contributed by atoms with van der Waals surface area (Å²) in [5, 5.41) is 0. The number of aromatic nitrogens is 1. The molecule has 4 heterocycles. The van der Waals surface area contributed by atoms with Crippen molar-refractivity contribution in [2.24, 2.45) is 0 Å². The number of amides is 1. The molecule has 26 heavy (non-hydrogen) atoms. The standard InChI is InChI=1S/C20H30N4O2/c1-16-3-2-8-24(16)19-5-4-17(15-21-19)20(25)23-9-6-18(7-10-23)22-11-13-26-14-12-22/h4-5,15-16,18H,2-3,6-14H2,1H3/t16-/m0/s1. The fourth-order valence-corrected chi connectivity index (χ4v) is 4.52. The van der Waals surface area contributed by atoms with E-state index in [-0.39, 0.29) is 5.91 Å². The summed E-state index contributed by atoms with van der Waals surface area (Å²) in [6.45, 7) is 8.72. The Morgan fingerprint density at radius 1 is 1.08 bits per heavy atom. The Bertz CT molecular complexity index is 607. The summed E-state index contributed by atoms with van der Waals surface area (Å²) < 4.78 is 5.44. The highest BCUT2D eigenvalue weighted by Gasteiger charge is 2.28. The molecule has 0 N–H and O–H groups in total. The number of likely N-dealkylation sites (tertiary alicyclic amines) is 1. The third-order valence-electron chi connectivity index (χ3n) is 6.16. The molecule has 4 rings (SSSR count). The molecule has 1 aromatic rings. The zero-order chi connectivity index (χ0) is 17.9. The average molecular weight is 358 g/mol. The number of anilines is 1. The largest absolute Gasteiger partial charge is 0.379 e. The lowest BCUT2D eigenvalue weighted by molar-refractivity contribution is 0.00158. The molecule has 1 amide bonds. The van der Waals surface area contributed by atoms with Crippen molar-refractivity contribution in [3.63, 3.8) is 0 Å². The molecule has 1 aromatic heterocycles. The minimum absolute atomic E-state index is 0.124. The van der Waals surface area contributed by atoms with Crippen molar-refractivity contribution in [2.75, 3.05) is 50.8 Å². The molecule has 6 nitrogen and oxygen atoms in total. The fourth-order valence-electron chi connectivity index (χ4n) is 4.52. The number of carbonyl (C=O) groups excluding carboxylic acids is 1. The summed E-state index contributed by atoms with van der Waals surface area (Å²) in [5.41, 5.74) is 0.713. The van der Waals surface area contributed by atoms with Crippen molar-refractivity contribution in [3.05, 3.63) is 23.9 Å². The topological polar surface area (TPSA) is 48.9 Å². The number of nitrogens with zero attached hydrogens (tertiary/aromatic N) is 4. The highest BCUT2D eigenvalue weighted by molar-refractivity contribution is 5.94. The molecule has 0 unspecified atom stereocenters. The summed E-state index contributed by atoms with van der Waals surface area (Å²) in [6, 6.07) is 5.10. The number of rotatable bonds is 3. The van der Waals surface area contributed by atoms with Crippen molar-refractivity contribution in [1.82, 2.24) is 14.8 Å². The van der Waals surface area contributed by atoms with Crippen molar-refractivity contribution in [2.45, 2.75) is 44.7 Å². The number of pyridine rings is 1. The molecular weight excluding hydrogens is 328 g/mol. The number of hydrogen-bond acceptors (Lipinski definition) is 5. The minimum Gasteiger partial charge on any atom is -0.379 e. The van der Waals surface area contributed by atoms with E-state index in [1.165, 1.54) is 12.8 Å². The maximum absolute atomic E-state index is 12.8. The molecular formula is C20H30N4O2. The maximum Gasteiger partial charge on any atom is 0.255 e. The van der Waals surface area contributed by atoms with Gasteiger partial charge in [0.1, 0.15) is 5.82 Å². The first-order chi connectivity index (χ1) is 12.7. The van der Waals surface area contributed by atoms with Crippen molar-refractivity contribution < 1.29 is 9.53 Å². The van der Waals surface area contributed by atoms with Crippen molar-refractivity contribution >= 4 is 11.7 Å². The zero-order valence-electron chi connectivity index (χ0n) is 15.8. The second-order valence-electron chi connectivity index (χ2n) is 7.76. The van der Waals surface area contributed by atoms with E-state index >= 15 is 0 Å². The first-order valence-electron chi connectivity index (χ1n) is 10.1. The molecule has 142 valence electrons. The van der Waals surface area contributed by atoms with E-state index in [1.807, 2.05) is 17.0 Å². The molecule has 0 aliphatic carbocycles. The summed E-state index contributed by atoms with van der Waals surface area (Å²) in [6.07, 6.45) is 6.32. The summed E-state index contributed by atoms with van der Waals surface area (Å²) in [7, 11) is 0. The molecule has 3 saturated heterocycles. The second kappa shape index (κ2) is 7.92. The first kappa shape index (κ1) is 17.7. The Kier molecular flexibility index (Phi) is 5.41. The monoisotopic (exact) mass is 358 g/mol.